The quantitative estimate of drug-likeness (QED) is 0.0352. The molecular formula is C71H110O2. The van der Waals surface area contributed by atoms with Crippen molar-refractivity contribution in [1.82, 2.24) is 0 Å². The summed E-state index contributed by atoms with van der Waals surface area (Å²) in [5.74, 6) is 5.24. The van der Waals surface area contributed by atoms with Crippen molar-refractivity contribution in [3.8, 4) is 0 Å². The van der Waals surface area contributed by atoms with Crippen molar-refractivity contribution in [2.75, 3.05) is 0 Å². The van der Waals surface area contributed by atoms with E-state index < -0.39 is 0 Å². The van der Waals surface area contributed by atoms with E-state index in [4.69, 9.17) is 4.74 Å². The molecule has 4 rings (SSSR count). The van der Waals surface area contributed by atoms with Gasteiger partial charge in [0.25, 0.3) is 0 Å². The first-order chi connectivity index (χ1) is 35.7. The number of hydrogen-bond donors (Lipinski definition) is 0. The fourth-order valence-corrected chi connectivity index (χ4v) is 13.4. The zero-order valence-corrected chi connectivity index (χ0v) is 48.1. The molecule has 0 saturated heterocycles. The molecule has 4 aliphatic rings. The minimum absolute atomic E-state index is 0.0464. The fourth-order valence-electron chi connectivity index (χ4n) is 13.4. The molecule has 3 fully saturated rings. The van der Waals surface area contributed by atoms with E-state index in [2.05, 4.69) is 181 Å². The molecular weight excluding hydrogens is 885 g/mol. The fraction of sp³-hybridized carbons (Fsp3) is 0.648. The van der Waals surface area contributed by atoms with Gasteiger partial charge in [-0.3, -0.25) is 4.79 Å². The molecule has 0 spiro atoms. The van der Waals surface area contributed by atoms with Crippen LogP contribution in [-0.4, -0.2) is 12.1 Å². The summed E-state index contributed by atoms with van der Waals surface area (Å²) in [6.45, 7) is 14.8. The predicted molar refractivity (Wildman–Crippen MR) is 321 cm³/mol. The maximum Gasteiger partial charge on any atom is 0.306 e. The Kier molecular flexibility index (Phi) is 32.2. The number of carbonyl (C=O) groups is 1. The Morgan fingerprint density at radius 1 is 0.534 bits per heavy atom. The Bertz CT molecular complexity index is 1850. The number of ether oxygens (including phenoxy) is 1. The first-order valence-corrected chi connectivity index (χ1v) is 30.7. The first-order valence-electron chi connectivity index (χ1n) is 30.7. The van der Waals surface area contributed by atoms with Gasteiger partial charge in [-0.25, -0.2) is 0 Å². The SMILES string of the molecule is CC/C=C\C/C=C\C/C=C\C/C=C\C/C=C\C/C=C\C/C=C\C/C=C\C/C=C\C/C=C\C/C=C\CCCCCCCCCC(=O)OC1CCC2(C)C(=CCC3C2CCC2(C)C(C(C)CCCC(C)C)CCC32)C1. The van der Waals surface area contributed by atoms with Gasteiger partial charge in [-0.05, 0) is 181 Å². The lowest BCUT2D eigenvalue weighted by atomic mass is 9.47. The molecule has 0 aromatic rings. The van der Waals surface area contributed by atoms with Crippen LogP contribution in [0.25, 0.3) is 0 Å². The zero-order chi connectivity index (χ0) is 52.1. The summed E-state index contributed by atoms with van der Waals surface area (Å²) in [6, 6.07) is 0. The molecule has 0 radical (unpaired) electrons. The highest BCUT2D eigenvalue weighted by molar-refractivity contribution is 5.69. The highest BCUT2D eigenvalue weighted by Crippen LogP contribution is 2.67. The highest BCUT2D eigenvalue weighted by atomic mass is 16.5. The van der Waals surface area contributed by atoms with E-state index in [1.54, 1.807) is 5.57 Å². The topological polar surface area (TPSA) is 26.3 Å². The number of fused-ring (bicyclic) bond motifs is 5. The normalized spacial score (nSPS) is 26.3. The summed E-state index contributed by atoms with van der Waals surface area (Å²) in [5, 5.41) is 0. The van der Waals surface area contributed by atoms with Crippen LogP contribution in [0.4, 0.5) is 0 Å². The van der Waals surface area contributed by atoms with E-state index in [0.29, 0.717) is 17.3 Å². The summed E-state index contributed by atoms with van der Waals surface area (Å²) in [7, 11) is 0. The van der Waals surface area contributed by atoms with Crippen molar-refractivity contribution >= 4 is 5.97 Å². The second-order valence-corrected chi connectivity index (χ2v) is 23.6. The Hall–Kier alpha value is -3.65. The molecule has 0 N–H and O–H groups in total. The second-order valence-electron chi connectivity index (χ2n) is 23.6. The van der Waals surface area contributed by atoms with Crippen LogP contribution in [0.5, 0.6) is 0 Å². The van der Waals surface area contributed by atoms with Crippen LogP contribution < -0.4 is 0 Å². The molecule has 0 bridgehead atoms. The number of unbranched alkanes of at least 4 members (excludes halogenated alkanes) is 7. The van der Waals surface area contributed by atoms with Gasteiger partial charge in [0.1, 0.15) is 6.10 Å². The van der Waals surface area contributed by atoms with Gasteiger partial charge in [-0.2, -0.15) is 0 Å². The molecule has 0 amide bonds. The van der Waals surface area contributed by atoms with Crippen LogP contribution in [0.2, 0.25) is 0 Å². The number of allylic oxidation sites excluding steroid dienone is 23. The Balaban J connectivity index is 0.907. The van der Waals surface area contributed by atoms with Crippen molar-refractivity contribution in [3.63, 3.8) is 0 Å². The molecule has 0 aliphatic heterocycles. The maximum atomic E-state index is 13.0. The van der Waals surface area contributed by atoms with Crippen LogP contribution in [0, 0.1) is 46.3 Å². The molecule has 406 valence electrons. The van der Waals surface area contributed by atoms with Gasteiger partial charge in [0.05, 0.1) is 0 Å². The van der Waals surface area contributed by atoms with Gasteiger partial charge < -0.3 is 4.74 Å². The highest BCUT2D eigenvalue weighted by Gasteiger charge is 2.59. The van der Waals surface area contributed by atoms with Crippen LogP contribution in [0.1, 0.15) is 241 Å². The predicted octanol–water partition coefficient (Wildman–Crippen LogP) is 21.9. The maximum absolute atomic E-state index is 13.0. The monoisotopic (exact) mass is 995 g/mol. The lowest BCUT2D eigenvalue weighted by molar-refractivity contribution is -0.151. The lowest BCUT2D eigenvalue weighted by Crippen LogP contribution is -2.51. The number of hydrogen-bond acceptors (Lipinski definition) is 2. The third kappa shape index (κ3) is 24.3. The van der Waals surface area contributed by atoms with E-state index in [1.165, 1.54) is 96.3 Å². The third-order valence-corrected chi connectivity index (χ3v) is 17.6. The average Bonchev–Trinajstić information content (AvgIpc) is 3.74. The van der Waals surface area contributed by atoms with Crippen LogP contribution in [0.15, 0.2) is 145 Å². The Morgan fingerprint density at radius 2 is 1.00 bits per heavy atom. The van der Waals surface area contributed by atoms with Gasteiger partial charge in [0.15, 0.2) is 0 Å². The zero-order valence-electron chi connectivity index (χ0n) is 48.1. The second kappa shape index (κ2) is 38.0. The third-order valence-electron chi connectivity index (χ3n) is 17.6. The molecule has 0 aromatic carbocycles. The summed E-state index contributed by atoms with van der Waals surface area (Å²) in [5.41, 5.74) is 2.49. The summed E-state index contributed by atoms with van der Waals surface area (Å²) >= 11 is 0. The van der Waals surface area contributed by atoms with Crippen molar-refractivity contribution in [3.05, 3.63) is 145 Å². The summed E-state index contributed by atoms with van der Waals surface area (Å²) in [6.07, 6.45) is 88.5. The molecule has 4 aliphatic carbocycles. The summed E-state index contributed by atoms with van der Waals surface area (Å²) < 4.78 is 6.17. The smallest absolute Gasteiger partial charge is 0.306 e. The molecule has 0 heterocycles. The molecule has 8 unspecified atom stereocenters. The van der Waals surface area contributed by atoms with Crippen molar-refractivity contribution < 1.29 is 9.53 Å². The molecule has 2 heteroatoms. The van der Waals surface area contributed by atoms with Crippen molar-refractivity contribution in [2.24, 2.45) is 46.3 Å². The van der Waals surface area contributed by atoms with E-state index in [1.807, 2.05) is 0 Å². The molecule has 73 heavy (non-hydrogen) atoms. The number of carbonyl (C=O) groups excluding carboxylic acids is 1. The van der Waals surface area contributed by atoms with Gasteiger partial charge in [0, 0.05) is 12.8 Å². The van der Waals surface area contributed by atoms with Gasteiger partial charge >= 0.3 is 5.97 Å². The van der Waals surface area contributed by atoms with Gasteiger partial charge in [-0.1, -0.05) is 238 Å². The molecule has 0 aromatic heterocycles. The van der Waals surface area contributed by atoms with Crippen LogP contribution in [0.3, 0.4) is 0 Å². The van der Waals surface area contributed by atoms with Crippen molar-refractivity contribution in [2.45, 2.75) is 247 Å². The van der Waals surface area contributed by atoms with Gasteiger partial charge in [-0.15, -0.1) is 0 Å². The molecule has 3 saturated carbocycles. The average molecular weight is 996 g/mol. The minimum atomic E-state index is 0.0464. The first kappa shape index (κ1) is 61.9. The Labute approximate surface area is 451 Å². The standard InChI is InChI=1S/C71H110O2/c1-7-8-9-10-11-12-13-14-15-16-17-18-19-20-21-22-23-24-25-26-27-28-29-30-31-32-33-34-35-36-37-38-39-40-41-42-43-44-45-46-47-51-69(72)73-64-56-58-70(5)63(60-64)52-53-65-67-55-54-66(62(4)50-48-49-61(2)3)71(67,6)59-57-68(65)70/h8-9,11-12,14-15,17-18,20-21,23-24,26-27,29-30,32-33,35-36,38-39,52,61-62,64-68H,7,10,13,16,19,22,25,28,31,34,37,40-51,53-60H2,1-6H3/b9-8-,12-11-,15-14-,18-17-,21-20-,24-23-,27-26-,30-29-,33-32-,36-35-,39-38-. The van der Waals surface area contributed by atoms with E-state index in [0.717, 1.165) is 132 Å². The number of esters is 1. The van der Waals surface area contributed by atoms with E-state index in [9.17, 15) is 4.79 Å². The molecule has 2 nitrogen and oxygen atoms in total. The summed E-state index contributed by atoms with van der Waals surface area (Å²) in [4.78, 5) is 13.0. The molecule has 8 atom stereocenters. The lowest BCUT2D eigenvalue weighted by Gasteiger charge is -2.58. The Morgan fingerprint density at radius 3 is 1.49 bits per heavy atom. The van der Waals surface area contributed by atoms with Gasteiger partial charge in [0.2, 0.25) is 0 Å². The minimum Gasteiger partial charge on any atom is -0.462 e. The van der Waals surface area contributed by atoms with E-state index >= 15 is 0 Å². The largest absolute Gasteiger partial charge is 0.462 e. The van der Waals surface area contributed by atoms with E-state index in [-0.39, 0.29) is 12.1 Å². The van der Waals surface area contributed by atoms with Crippen LogP contribution >= 0.6 is 0 Å². The number of rotatable bonds is 37. The van der Waals surface area contributed by atoms with Crippen LogP contribution in [-0.2, 0) is 9.53 Å². The van der Waals surface area contributed by atoms with Crippen molar-refractivity contribution in [1.29, 1.82) is 0 Å².